The third-order valence-electron chi connectivity index (χ3n) is 3.61. The van der Waals surface area contributed by atoms with Crippen molar-refractivity contribution in [2.24, 2.45) is 0 Å². The van der Waals surface area contributed by atoms with Crippen LogP contribution in [0.25, 0.3) is 0 Å². The van der Waals surface area contributed by atoms with Gasteiger partial charge in [0.1, 0.15) is 5.15 Å². The van der Waals surface area contributed by atoms with Crippen LogP contribution in [0.15, 0.2) is 24.3 Å². The molecule has 0 saturated carbocycles. The van der Waals surface area contributed by atoms with Gasteiger partial charge in [-0.3, -0.25) is 4.79 Å². The molecule has 2 rings (SSSR count). The number of amides is 1. The molecule has 0 spiro atoms. The predicted molar refractivity (Wildman–Crippen MR) is 89.8 cm³/mol. The molecule has 1 aromatic carbocycles. The molecule has 6 heteroatoms. The fraction of sp³-hybridized carbons (Fsp3) is 0.375. The highest BCUT2D eigenvalue weighted by Gasteiger charge is 2.23. The molecule has 0 saturated heterocycles. The highest BCUT2D eigenvalue weighted by molar-refractivity contribution is 6.33. The molecule has 118 valence electrons. The number of aryl methyl sites for hydroxylation is 1. The van der Waals surface area contributed by atoms with Crippen LogP contribution in [-0.4, -0.2) is 33.7 Å². The summed E-state index contributed by atoms with van der Waals surface area (Å²) in [4.78, 5) is 14.3. The van der Waals surface area contributed by atoms with E-state index in [0.717, 1.165) is 5.56 Å². The van der Waals surface area contributed by atoms with Gasteiger partial charge in [-0.2, -0.15) is 5.10 Å². The van der Waals surface area contributed by atoms with Gasteiger partial charge in [-0.15, -0.1) is 0 Å². The van der Waals surface area contributed by atoms with Gasteiger partial charge in [-0.25, -0.2) is 4.68 Å². The van der Waals surface area contributed by atoms with Crippen LogP contribution in [0.1, 0.15) is 35.5 Å². The number of hydrogen-bond acceptors (Lipinski definition) is 2. The van der Waals surface area contributed by atoms with Crippen molar-refractivity contribution in [3.05, 3.63) is 51.3 Å². The zero-order valence-corrected chi connectivity index (χ0v) is 14.4. The monoisotopic (exact) mass is 339 g/mol. The molecule has 0 bridgehead atoms. The van der Waals surface area contributed by atoms with E-state index in [9.17, 15) is 4.79 Å². The van der Waals surface area contributed by atoms with Crippen LogP contribution in [-0.2, 0) is 6.54 Å². The SMILES string of the molecule is CCN(CC)C(=O)c1c(C)nn(Cc2ccccc2Cl)c1Cl. The Kier molecular flexibility index (Phi) is 5.48. The summed E-state index contributed by atoms with van der Waals surface area (Å²) in [7, 11) is 0. The molecule has 0 atom stereocenters. The second-order valence-corrected chi connectivity index (χ2v) is 5.74. The highest BCUT2D eigenvalue weighted by Crippen LogP contribution is 2.24. The van der Waals surface area contributed by atoms with Gasteiger partial charge in [0.05, 0.1) is 17.8 Å². The number of benzene rings is 1. The number of carbonyl (C=O) groups excluding carboxylic acids is 1. The first-order chi connectivity index (χ1) is 10.5. The van der Waals surface area contributed by atoms with Gasteiger partial charge in [0.2, 0.25) is 0 Å². The summed E-state index contributed by atoms with van der Waals surface area (Å²) in [5.41, 5.74) is 2.02. The molecule has 0 aliphatic heterocycles. The molecule has 0 fully saturated rings. The van der Waals surface area contributed by atoms with Crippen LogP contribution < -0.4 is 0 Å². The molecule has 1 heterocycles. The second-order valence-electron chi connectivity index (χ2n) is 4.98. The Balaban J connectivity index is 2.35. The Labute approximate surface area is 140 Å². The van der Waals surface area contributed by atoms with Crippen molar-refractivity contribution in [1.29, 1.82) is 0 Å². The fourth-order valence-electron chi connectivity index (χ4n) is 2.36. The van der Waals surface area contributed by atoms with E-state index in [2.05, 4.69) is 5.10 Å². The van der Waals surface area contributed by atoms with Crippen molar-refractivity contribution in [2.75, 3.05) is 13.1 Å². The number of halogens is 2. The first kappa shape index (κ1) is 16.8. The summed E-state index contributed by atoms with van der Waals surface area (Å²) in [6.07, 6.45) is 0. The topological polar surface area (TPSA) is 38.1 Å². The molecule has 0 N–H and O–H groups in total. The van der Waals surface area contributed by atoms with Gasteiger partial charge in [0.25, 0.3) is 5.91 Å². The van der Waals surface area contributed by atoms with Crippen LogP contribution in [0, 0.1) is 6.92 Å². The molecule has 4 nitrogen and oxygen atoms in total. The van der Waals surface area contributed by atoms with Crippen molar-refractivity contribution in [3.8, 4) is 0 Å². The minimum Gasteiger partial charge on any atom is -0.339 e. The van der Waals surface area contributed by atoms with Gasteiger partial charge < -0.3 is 4.90 Å². The normalized spacial score (nSPS) is 10.8. The minimum atomic E-state index is -0.0853. The fourth-order valence-corrected chi connectivity index (χ4v) is 2.87. The number of rotatable bonds is 5. The molecule has 1 amide bonds. The lowest BCUT2D eigenvalue weighted by Crippen LogP contribution is -2.30. The van der Waals surface area contributed by atoms with Crippen LogP contribution in [0.5, 0.6) is 0 Å². The van der Waals surface area contributed by atoms with E-state index in [4.69, 9.17) is 23.2 Å². The van der Waals surface area contributed by atoms with E-state index in [1.54, 1.807) is 16.5 Å². The average molecular weight is 340 g/mol. The second kappa shape index (κ2) is 7.16. The van der Waals surface area contributed by atoms with E-state index in [0.29, 0.717) is 41.1 Å². The molecule has 0 radical (unpaired) electrons. The molecule has 0 aliphatic rings. The number of nitrogens with zero attached hydrogens (tertiary/aromatic N) is 3. The van der Waals surface area contributed by atoms with Crippen LogP contribution in [0.3, 0.4) is 0 Å². The van der Waals surface area contributed by atoms with E-state index in [1.807, 2.05) is 38.1 Å². The Hall–Kier alpha value is -1.52. The highest BCUT2D eigenvalue weighted by atomic mass is 35.5. The molecule has 2 aromatic rings. The van der Waals surface area contributed by atoms with Gasteiger partial charge in [0, 0.05) is 18.1 Å². The summed E-state index contributed by atoms with van der Waals surface area (Å²) in [5, 5.41) is 5.41. The Morgan fingerprint density at radius 3 is 2.45 bits per heavy atom. The van der Waals surface area contributed by atoms with E-state index in [1.165, 1.54) is 0 Å². The number of hydrogen-bond donors (Lipinski definition) is 0. The Morgan fingerprint density at radius 2 is 1.86 bits per heavy atom. The van der Waals surface area contributed by atoms with E-state index in [-0.39, 0.29) is 5.91 Å². The van der Waals surface area contributed by atoms with Crippen LogP contribution >= 0.6 is 23.2 Å². The van der Waals surface area contributed by atoms with Crippen molar-refractivity contribution >= 4 is 29.1 Å². The quantitative estimate of drug-likeness (QED) is 0.824. The summed E-state index contributed by atoms with van der Waals surface area (Å²) in [5.74, 6) is -0.0853. The lowest BCUT2D eigenvalue weighted by Gasteiger charge is -2.18. The Morgan fingerprint density at radius 1 is 1.23 bits per heavy atom. The maximum absolute atomic E-state index is 12.5. The zero-order valence-electron chi connectivity index (χ0n) is 12.9. The maximum Gasteiger partial charge on any atom is 0.258 e. The first-order valence-electron chi connectivity index (χ1n) is 7.25. The van der Waals surface area contributed by atoms with Crippen LogP contribution in [0.4, 0.5) is 0 Å². The summed E-state index contributed by atoms with van der Waals surface area (Å²) < 4.78 is 1.62. The van der Waals surface area contributed by atoms with E-state index >= 15 is 0 Å². The number of aromatic nitrogens is 2. The van der Waals surface area contributed by atoms with Gasteiger partial charge in [0.15, 0.2) is 0 Å². The lowest BCUT2D eigenvalue weighted by molar-refractivity contribution is 0.0772. The smallest absolute Gasteiger partial charge is 0.258 e. The summed E-state index contributed by atoms with van der Waals surface area (Å²) >= 11 is 12.6. The van der Waals surface area contributed by atoms with Crippen molar-refractivity contribution in [2.45, 2.75) is 27.3 Å². The lowest BCUT2D eigenvalue weighted by atomic mass is 10.2. The molecular formula is C16H19Cl2N3O. The Bertz CT molecular complexity index is 678. The zero-order chi connectivity index (χ0) is 16.3. The van der Waals surface area contributed by atoms with Crippen molar-refractivity contribution in [3.63, 3.8) is 0 Å². The predicted octanol–water partition coefficient (Wildman–Crippen LogP) is 4.03. The third kappa shape index (κ3) is 3.28. The molecule has 0 unspecified atom stereocenters. The molecule has 1 aromatic heterocycles. The minimum absolute atomic E-state index is 0.0853. The van der Waals surface area contributed by atoms with Crippen LogP contribution in [0.2, 0.25) is 10.2 Å². The van der Waals surface area contributed by atoms with Gasteiger partial charge in [-0.05, 0) is 32.4 Å². The van der Waals surface area contributed by atoms with Gasteiger partial charge in [-0.1, -0.05) is 41.4 Å². The maximum atomic E-state index is 12.5. The largest absolute Gasteiger partial charge is 0.339 e. The number of carbonyl (C=O) groups is 1. The first-order valence-corrected chi connectivity index (χ1v) is 8.00. The molecule has 0 aliphatic carbocycles. The standard InChI is InChI=1S/C16H19Cl2N3O/c1-4-20(5-2)16(22)14-11(3)19-21(15(14)18)10-12-8-6-7-9-13(12)17/h6-9H,4-5,10H2,1-3H3. The summed E-state index contributed by atoms with van der Waals surface area (Å²) in [6, 6.07) is 7.52. The van der Waals surface area contributed by atoms with Gasteiger partial charge >= 0.3 is 0 Å². The molecular weight excluding hydrogens is 321 g/mol. The molecule has 22 heavy (non-hydrogen) atoms. The van der Waals surface area contributed by atoms with E-state index < -0.39 is 0 Å². The van der Waals surface area contributed by atoms with Crippen molar-refractivity contribution < 1.29 is 4.79 Å². The van der Waals surface area contributed by atoms with Crippen molar-refractivity contribution in [1.82, 2.24) is 14.7 Å². The summed E-state index contributed by atoms with van der Waals surface area (Å²) in [6.45, 7) is 7.40. The third-order valence-corrected chi connectivity index (χ3v) is 4.36. The average Bonchev–Trinajstić information content (AvgIpc) is 2.77.